The number of rotatable bonds is 6. The third-order valence-corrected chi connectivity index (χ3v) is 6.23. The van der Waals surface area contributed by atoms with Crippen molar-refractivity contribution in [3.05, 3.63) is 119 Å². The van der Waals surface area contributed by atoms with Gasteiger partial charge in [-0.15, -0.1) is 0 Å². The molecule has 0 heterocycles. The van der Waals surface area contributed by atoms with Gasteiger partial charge in [-0.05, 0) is 53.7 Å². The summed E-state index contributed by atoms with van der Waals surface area (Å²) in [7, 11) is 1.37. The molecule has 0 fully saturated rings. The Morgan fingerprint density at radius 2 is 1.83 bits per heavy atom. The van der Waals surface area contributed by atoms with Crippen LogP contribution >= 0.6 is 0 Å². The van der Waals surface area contributed by atoms with E-state index in [0.717, 1.165) is 33.4 Å². The number of Topliss-reactive ketones (excluding diaryl/α,β-unsaturated/α-hetero) is 1. The molecule has 0 radical (unpaired) electrons. The highest BCUT2D eigenvalue weighted by Gasteiger charge is 2.48. The van der Waals surface area contributed by atoms with E-state index in [1.807, 2.05) is 48.6 Å². The number of carbonyl (C=O) groups excluding carboxylic acids is 2. The first-order chi connectivity index (χ1) is 14.5. The smallest absolute Gasteiger partial charge is 0.337 e. The molecule has 3 heteroatoms. The lowest BCUT2D eigenvalue weighted by Gasteiger charge is -2.30. The van der Waals surface area contributed by atoms with Crippen molar-refractivity contribution >= 4 is 11.8 Å². The van der Waals surface area contributed by atoms with E-state index < -0.39 is 5.41 Å². The molecule has 3 nitrogen and oxygen atoms in total. The Labute approximate surface area is 177 Å². The van der Waals surface area contributed by atoms with Crippen molar-refractivity contribution in [3.8, 4) is 0 Å². The standard InChI is InChI=1S/C27H24O3/c1-4-19-14-23(15-20(19)5-2)27(17-22-8-6-7-9-24(22)25(27)28)16-18-10-12-21(13-11-18)26(29)30-3/h4-14H,1-2,15-17H2,3H3. The minimum atomic E-state index is -0.643. The summed E-state index contributed by atoms with van der Waals surface area (Å²) in [4.78, 5) is 25.5. The quantitative estimate of drug-likeness (QED) is 0.611. The first kappa shape index (κ1) is 19.8. The van der Waals surface area contributed by atoms with Crippen LogP contribution in [0.5, 0.6) is 0 Å². The fourth-order valence-corrected chi connectivity index (χ4v) is 4.63. The number of esters is 1. The number of ketones is 1. The molecule has 2 aliphatic rings. The molecule has 2 aromatic carbocycles. The van der Waals surface area contributed by atoms with E-state index in [9.17, 15) is 9.59 Å². The summed E-state index contributed by atoms with van der Waals surface area (Å²) in [5.74, 6) is -0.204. The SMILES string of the molecule is C=CC1=C(C=C)CC(C2(Cc3ccc(C(=O)OC)cc3)Cc3ccccc3C2=O)=C1. The molecule has 1 unspecified atom stereocenters. The van der Waals surface area contributed by atoms with E-state index in [4.69, 9.17) is 4.74 Å². The highest BCUT2D eigenvalue weighted by molar-refractivity contribution is 6.07. The van der Waals surface area contributed by atoms with E-state index >= 15 is 0 Å². The Bertz CT molecular complexity index is 1120. The van der Waals surface area contributed by atoms with Crippen LogP contribution < -0.4 is 0 Å². The average molecular weight is 396 g/mol. The molecule has 2 aliphatic carbocycles. The van der Waals surface area contributed by atoms with Gasteiger partial charge in [0, 0.05) is 5.56 Å². The third-order valence-electron chi connectivity index (χ3n) is 6.23. The summed E-state index contributed by atoms with van der Waals surface area (Å²) in [6.45, 7) is 7.86. The monoisotopic (exact) mass is 396 g/mol. The van der Waals surface area contributed by atoms with Crippen molar-refractivity contribution < 1.29 is 14.3 Å². The van der Waals surface area contributed by atoms with Gasteiger partial charge in [-0.25, -0.2) is 4.79 Å². The molecular weight excluding hydrogens is 372 g/mol. The zero-order valence-corrected chi connectivity index (χ0v) is 17.1. The van der Waals surface area contributed by atoms with E-state index in [-0.39, 0.29) is 11.8 Å². The van der Waals surface area contributed by atoms with Crippen LogP contribution in [0.25, 0.3) is 0 Å². The van der Waals surface area contributed by atoms with Crippen molar-refractivity contribution in [2.24, 2.45) is 5.41 Å². The van der Waals surface area contributed by atoms with Crippen LogP contribution in [0, 0.1) is 5.41 Å². The summed E-state index contributed by atoms with van der Waals surface area (Å²) in [6.07, 6.45) is 7.73. The topological polar surface area (TPSA) is 43.4 Å². The first-order valence-electron chi connectivity index (χ1n) is 10.0. The molecule has 0 amide bonds. The highest BCUT2D eigenvalue weighted by atomic mass is 16.5. The van der Waals surface area contributed by atoms with Gasteiger partial charge < -0.3 is 4.74 Å². The maximum Gasteiger partial charge on any atom is 0.337 e. The Morgan fingerprint density at radius 3 is 2.43 bits per heavy atom. The maximum atomic E-state index is 13.7. The molecule has 1 atom stereocenters. The molecule has 0 aliphatic heterocycles. The van der Waals surface area contributed by atoms with Crippen LogP contribution in [0.1, 0.15) is 38.3 Å². The van der Waals surface area contributed by atoms with Crippen LogP contribution in [0.2, 0.25) is 0 Å². The number of allylic oxidation sites excluding steroid dienone is 6. The number of benzene rings is 2. The van der Waals surface area contributed by atoms with Gasteiger partial charge >= 0.3 is 5.97 Å². The van der Waals surface area contributed by atoms with E-state index in [1.54, 1.807) is 12.1 Å². The lowest BCUT2D eigenvalue weighted by atomic mass is 9.71. The Balaban J connectivity index is 1.75. The molecule has 0 bridgehead atoms. The number of carbonyl (C=O) groups is 2. The molecule has 2 aromatic rings. The number of hydrogen-bond donors (Lipinski definition) is 0. The Morgan fingerprint density at radius 1 is 1.10 bits per heavy atom. The van der Waals surface area contributed by atoms with Gasteiger partial charge in [-0.3, -0.25) is 4.79 Å². The molecule has 0 aromatic heterocycles. The van der Waals surface area contributed by atoms with Gasteiger partial charge in [0.15, 0.2) is 5.78 Å². The summed E-state index contributed by atoms with van der Waals surface area (Å²) in [6, 6.07) is 15.2. The molecule has 0 saturated carbocycles. The van der Waals surface area contributed by atoms with Crippen molar-refractivity contribution in [3.63, 3.8) is 0 Å². The summed E-state index contributed by atoms with van der Waals surface area (Å²) in [5, 5.41) is 0. The van der Waals surface area contributed by atoms with Crippen molar-refractivity contribution in [2.45, 2.75) is 19.3 Å². The predicted octanol–water partition coefficient (Wildman–Crippen LogP) is 5.44. The van der Waals surface area contributed by atoms with Gasteiger partial charge in [0.1, 0.15) is 0 Å². The van der Waals surface area contributed by atoms with Crippen molar-refractivity contribution in [1.29, 1.82) is 0 Å². The minimum Gasteiger partial charge on any atom is -0.465 e. The van der Waals surface area contributed by atoms with Gasteiger partial charge in [0.05, 0.1) is 18.1 Å². The zero-order valence-electron chi connectivity index (χ0n) is 17.1. The summed E-state index contributed by atoms with van der Waals surface area (Å²) in [5.41, 5.74) is 5.99. The maximum absolute atomic E-state index is 13.7. The highest BCUT2D eigenvalue weighted by Crippen LogP contribution is 2.49. The summed E-state index contributed by atoms with van der Waals surface area (Å²) < 4.78 is 4.79. The first-order valence-corrected chi connectivity index (χ1v) is 10.0. The molecule has 0 saturated heterocycles. The van der Waals surface area contributed by atoms with Crippen molar-refractivity contribution in [2.75, 3.05) is 7.11 Å². The second kappa shape index (κ2) is 7.75. The second-order valence-electron chi connectivity index (χ2n) is 7.85. The number of ether oxygens (including phenoxy) is 1. The van der Waals surface area contributed by atoms with E-state index in [1.165, 1.54) is 7.11 Å². The molecule has 150 valence electrons. The number of fused-ring (bicyclic) bond motifs is 1. The van der Waals surface area contributed by atoms with E-state index in [2.05, 4.69) is 19.2 Å². The van der Waals surface area contributed by atoms with Crippen LogP contribution in [-0.4, -0.2) is 18.9 Å². The zero-order chi connectivity index (χ0) is 21.3. The van der Waals surface area contributed by atoms with Gasteiger partial charge in [-0.1, -0.05) is 73.4 Å². The predicted molar refractivity (Wildman–Crippen MR) is 119 cm³/mol. The largest absolute Gasteiger partial charge is 0.465 e. The fraction of sp³-hybridized carbons (Fsp3) is 0.185. The molecule has 0 spiro atoms. The third kappa shape index (κ3) is 3.17. The molecule has 0 N–H and O–H groups in total. The van der Waals surface area contributed by atoms with Gasteiger partial charge in [0.2, 0.25) is 0 Å². The van der Waals surface area contributed by atoms with Crippen LogP contribution in [0.4, 0.5) is 0 Å². The normalized spacial score (nSPS) is 20.0. The number of methoxy groups -OCH3 is 1. The fourth-order valence-electron chi connectivity index (χ4n) is 4.63. The second-order valence-corrected chi connectivity index (χ2v) is 7.85. The molecule has 30 heavy (non-hydrogen) atoms. The van der Waals surface area contributed by atoms with E-state index in [0.29, 0.717) is 24.8 Å². The lowest BCUT2D eigenvalue weighted by molar-refractivity contribution is 0.0600. The minimum absolute atomic E-state index is 0.162. The Kier molecular flexibility index (Phi) is 5.13. The number of hydrogen-bond acceptors (Lipinski definition) is 3. The molecular formula is C27H24O3. The molecule has 4 rings (SSSR count). The van der Waals surface area contributed by atoms with Crippen LogP contribution in [0.15, 0.2) is 96.6 Å². The van der Waals surface area contributed by atoms with Gasteiger partial charge in [-0.2, -0.15) is 0 Å². The summed E-state index contributed by atoms with van der Waals surface area (Å²) >= 11 is 0. The van der Waals surface area contributed by atoms with Crippen LogP contribution in [-0.2, 0) is 17.6 Å². The average Bonchev–Trinajstić information content (AvgIpc) is 3.33. The van der Waals surface area contributed by atoms with Gasteiger partial charge in [0.25, 0.3) is 0 Å². The lowest BCUT2D eigenvalue weighted by Crippen LogP contribution is -2.33. The Hall–Kier alpha value is -3.46. The van der Waals surface area contributed by atoms with Crippen LogP contribution in [0.3, 0.4) is 0 Å². The van der Waals surface area contributed by atoms with Crippen molar-refractivity contribution in [1.82, 2.24) is 0 Å².